The number of likely N-dealkylation sites (N-methyl/N-ethyl adjacent to an activating group) is 1. The summed E-state index contributed by atoms with van der Waals surface area (Å²) in [5.74, 6) is -1.39. The number of hydrogen-bond donors (Lipinski definition) is 3. The van der Waals surface area contributed by atoms with Gasteiger partial charge in [-0.2, -0.15) is 5.06 Å². The van der Waals surface area contributed by atoms with Gasteiger partial charge in [-0.3, -0.25) is 9.59 Å². The number of amides is 1. The number of carbonyl (C=O) groups is 2. The summed E-state index contributed by atoms with van der Waals surface area (Å²) in [5, 5.41) is 10.1. The van der Waals surface area contributed by atoms with Crippen LogP contribution in [0.4, 0.5) is 5.69 Å². The first-order chi connectivity index (χ1) is 14.4. The van der Waals surface area contributed by atoms with Crippen LogP contribution in [0.3, 0.4) is 0 Å². The predicted molar refractivity (Wildman–Crippen MR) is 114 cm³/mol. The Morgan fingerprint density at radius 3 is 2.77 bits per heavy atom. The molecule has 2 heterocycles. The van der Waals surface area contributed by atoms with Crippen molar-refractivity contribution in [2.45, 2.75) is 24.0 Å². The standard InChI is InChI=1S/C22H23N3O4S/c1-24-18-10-9-16(30)12-17(18)19(14-6-3-2-4-7-14)23-20(21(24)26)29-22(27)15-8-5-11-25(28)13-15/h2-4,6-7,9-10,12,15,20,28,30H,5,8,11,13H2,1H3/p+1. The number of nitrogens with zero attached hydrogens (tertiary/aromatic N) is 2. The fraction of sp³-hybridized carbons (Fsp3) is 0.318. The summed E-state index contributed by atoms with van der Waals surface area (Å²) in [7, 11) is 1.64. The van der Waals surface area contributed by atoms with Crippen LogP contribution in [0.15, 0.2) is 58.4 Å². The summed E-state index contributed by atoms with van der Waals surface area (Å²) in [4.78, 5) is 32.7. The molecular formula is C22H24N3O4S+. The molecule has 1 amide bonds. The number of carbonyl (C=O) groups excluding carboxylic acids is 2. The molecule has 0 bridgehead atoms. The lowest BCUT2D eigenvalue weighted by molar-refractivity contribution is -1.09. The number of aliphatic imine (C=N–C) groups is 1. The average Bonchev–Trinajstić information content (AvgIpc) is 2.84. The minimum absolute atomic E-state index is 0.272. The molecule has 0 saturated carbocycles. The molecule has 2 aliphatic rings. The number of hydrogen-bond acceptors (Lipinski definition) is 6. The van der Waals surface area contributed by atoms with E-state index in [2.05, 4.69) is 17.6 Å². The van der Waals surface area contributed by atoms with E-state index in [1.54, 1.807) is 13.1 Å². The molecule has 0 spiro atoms. The molecular weight excluding hydrogens is 402 g/mol. The lowest BCUT2D eigenvalue weighted by Gasteiger charge is -2.25. The van der Waals surface area contributed by atoms with Crippen LogP contribution in [0.25, 0.3) is 0 Å². The highest BCUT2D eigenvalue weighted by atomic mass is 32.1. The molecule has 1 saturated heterocycles. The zero-order valence-corrected chi connectivity index (χ0v) is 17.5. The Bertz CT molecular complexity index is 995. The summed E-state index contributed by atoms with van der Waals surface area (Å²) in [6, 6.07) is 14.9. The van der Waals surface area contributed by atoms with Gasteiger partial charge in [-0.15, -0.1) is 12.6 Å². The first-order valence-corrected chi connectivity index (χ1v) is 10.4. The number of piperidine rings is 1. The minimum Gasteiger partial charge on any atom is -0.430 e. The van der Waals surface area contributed by atoms with Crippen LogP contribution < -0.4 is 9.96 Å². The van der Waals surface area contributed by atoms with E-state index >= 15 is 0 Å². The zero-order chi connectivity index (χ0) is 21.3. The monoisotopic (exact) mass is 426 g/mol. The number of hydroxylamine groups is 2. The smallest absolute Gasteiger partial charge is 0.317 e. The lowest BCUT2D eigenvalue weighted by atomic mass is 10.00. The Hall–Kier alpha value is -2.68. The summed E-state index contributed by atoms with van der Waals surface area (Å²) in [6.07, 6.45) is 0.0503. The van der Waals surface area contributed by atoms with Crippen LogP contribution in [0, 0.1) is 5.92 Å². The fourth-order valence-corrected chi connectivity index (χ4v) is 4.09. The molecule has 8 heteroatoms. The Morgan fingerprint density at radius 2 is 2.03 bits per heavy atom. The number of nitrogens with one attached hydrogen (secondary N) is 1. The molecule has 7 nitrogen and oxygen atoms in total. The Labute approximate surface area is 180 Å². The Balaban J connectivity index is 1.73. The van der Waals surface area contributed by atoms with Gasteiger partial charge in [-0.1, -0.05) is 30.3 Å². The van der Waals surface area contributed by atoms with Crippen molar-refractivity contribution in [3.63, 3.8) is 0 Å². The second kappa shape index (κ2) is 8.59. The second-order valence-electron chi connectivity index (χ2n) is 7.59. The van der Waals surface area contributed by atoms with Crippen LogP contribution in [-0.4, -0.2) is 49.2 Å². The van der Waals surface area contributed by atoms with Crippen LogP contribution >= 0.6 is 12.6 Å². The highest BCUT2D eigenvalue weighted by molar-refractivity contribution is 7.80. The molecule has 1 fully saturated rings. The van der Waals surface area contributed by atoms with Gasteiger partial charge in [0.25, 0.3) is 12.1 Å². The van der Waals surface area contributed by atoms with Crippen LogP contribution in [0.2, 0.25) is 0 Å². The number of ether oxygens (including phenoxy) is 1. The summed E-state index contributed by atoms with van der Waals surface area (Å²) < 4.78 is 5.59. The normalized spacial score (nSPS) is 24.0. The molecule has 2 aromatic rings. The van der Waals surface area contributed by atoms with E-state index in [1.165, 1.54) is 4.90 Å². The molecule has 2 N–H and O–H groups in total. The topological polar surface area (TPSA) is 83.6 Å². The molecule has 156 valence electrons. The van der Waals surface area contributed by atoms with Gasteiger partial charge in [0.1, 0.15) is 19.0 Å². The number of esters is 1. The summed E-state index contributed by atoms with van der Waals surface area (Å²) in [6.45, 7) is 0.876. The van der Waals surface area contributed by atoms with Crippen molar-refractivity contribution < 1.29 is 24.6 Å². The van der Waals surface area contributed by atoms with Gasteiger partial charge in [-0.25, -0.2) is 10.2 Å². The van der Waals surface area contributed by atoms with Crippen LogP contribution in [-0.2, 0) is 14.3 Å². The summed E-state index contributed by atoms with van der Waals surface area (Å²) in [5.41, 5.74) is 2.79. The van der Waals surface area contributed by atoms with Crippen molar-refractivity contribution in [2.24, 2.45) is 10.9 Å². The van der Waals surface area contributed by atoms with Crippen molar-refractivity contribution in [2.75, 3.05) is 25.0 Å². The minimum atomic E-state index is -1.29. The molecule has 0 aliphatic carbocycles. The van der Waals surface area contributed by atoms with E-state index in [0.29, 0.717) is 29.4 Å². The van der Waals surface area contributed by atoms with Gasteiger partial charge in [0.15, 0.2) is 0 Å². The zero-order valence-electron chi connectivity index (χ0n) is 16.6. The van der Waals surface area contributed by atoms with Crippen LogP contribution in [0.5, 0.6) is 0 Å². The number of benzene rings is 2. The van der Waals surface area contributed by atoms with Crippen molar-refractivity contribution in [3.05, 3.63) is 59.7 Å². The van der Waals surface area contributed by atoms with E-state index in [0.717, 1.165) is 22.4 Å². The number of fused-ring (bicyclic) bond motifs is 1. The first kappa shape index (κ1) is 20.6. The predicted octanol–water partition coefficient (Wildman–Crippen LogP) is 1.34. The third-order valence-electron chi connectivity index (χ3n) is 5.49. The van der Waals surface area contributed by atoms with Crippen LogP contribution in [0.1, 0.15) is 24.0 Å². The lowest BCUT2D eigenvalue weighted by Crippen LogP contribution is -3.11. The highest BCUT2D eigenvalue weighted by Crippen LogP contribution is 2.30. The Morgan fingerprint density at radius 1 is 1.27 bits per heavy atom. The number of benzodiazepines with no additional fused rings is 1. The largest absolute Gasteiger partial charge is 0.430 e. The van der Waals surface area contributed by atoms with Gasteiger partial charge in [0.2, 0.25) is 0 Å². The SMILES string of the molecule is CN1C(=O)C(OC(=O)C2CCC[NH+](O)C2)N=C(c2ccccc2)c2cc(S)ccc21. The molecule has 3 atom stereocenters. The van der Waals surface area contributed by atoms with Crippen molar-refractivity contribution in [1.82, 2.24) is 0 Å². The number of quaternary nitrogens is 1. The third-order valence-corrected chi connectivity index (χ3v) is 5.77. The highest BCUT2D eigenvalue weighted by Gasteiger charge is 2.36. The molecule has 2 aliphatic heterocycles. The quantitative estimate of drug-likeness (QED) is 0.511. The van der Waals surface area contributed by atoms with E-state index in [4.69, 9.17) is 4.74 Å². The molecule has 4 rings (SSSR count). The fourth-order valence-electron chi connectivity index (χ4n) is 3.88. The number of rotatable bonds is 3. The molecule has 30 heavy (non-hydrogen) atoms. The molecule has 0 aromatic heterocycles. The van der Waals surface area contributed by atoms with Gasteiger partial charge in [0.05, 0.1) is 11.4 Å². The van der Waals surface area contributed by atoms with E-state index < -0.39 is 24.0 Å². The molecule has 3 unspecified atom stereocenters. The maximum absolute atomic E-state index is 13.1. The van der Waals surface area contributed by atoms with Gasteiger partial charge < -0.3 is 9.64 Å². The van der Waals surface area contributed by atoms with Crippen molar-refractivity contribution >= 4 is 35.9 Å². The molecule has 2 aromatic carbocycles. The molecule has 0 radical (unpaired) electrons. The van der Waals surface area contributed by atoms with Gasteiger partial charge in [-0.05, 0) is 24.6 Å². The van der Waals surface area contributed by atoms with Gasteiger partial charge >= 0.3 is 5.97 Å². The first-order valence-electron chi connectivity index (χ1n) is 9.92. The van der Waals surface area contributed by atoms with Crippen molar-refractivity contribution in [1.29, 1.82) is 0 Å². The second-order valence-corrected chi connectivity index (χ2v) is 8.11. The maximum Gasteiger partial charge on any atom is 0.317 e. The number of anilines is 1. The average molecular weight is 427 g/mol. The summed E-state index contributed by atoms with van der Waals surface area (Å²) >= 11 is 4.44. The van der Waals surface area contributed by atoms with Gasteiger partial charge in [0, 0.05) is 29.5 Å². The van der Waals surface area contributed by atoms with Crippen molar-refractivity contribution in [3.8, 4) is 0 Å². The number of thiol groups is 1. The maximum atomic E-state index is 13.1. The Kier molecular flexibility index (Phi) is 5.90. The van der Waals surface area contributed by atoms with E-state index in [9.17, 15) is 14.8 Å². The van der Waals surface area contributed by atoms with E-state index in [-0.39, 0.29) is 6.54 Å². The van der Waals surface area contributed by atoms with E-state index in [1.807, 2.05) is 42.5 Å². The third kappa shape index (κ3) is 4.12.